The molecule has 4 rings (SSSR count). The van der Waals surface area contributed by atoms with Crippen LogP contribution in [0.25, 0.3) is 21.3 Å². The number of carbonyl (C=O) groups is 1. The number of carbonyl (C=O) groups excluding carboxylic acids is 1. The van der Waals surface area contributed by atoms with Crippen molar-refractivity contribution in [1.82, 2.24) is 19.8 Å². The lowest BCUT2D eigenvalue weighted by atomic mass is 10.1. The normalized spacial score (nSPS) is 17.5. The van der Waals surface area contributed by atoms with Gasteiger partial charge in [-0.15, -0.1) is 11.3 Å². The number of hydrogen-bond acceptors (Lipinski definition) is 5. The molecule has 1 aliphatic rings. The Kier molecular flexibility index (Phi) is 4.99. The number of rotatable bonds is 4. The lowest BCUT2D eigenvalue weighted by Gasteiger charge is -2.13. The molecule has 1 aromatic carbocycles. The van der Waals surface area contributed by atoms with Crippen LogP contribution >= 0.6 is 22.9 Å². The first-order chi connectivity index (χ1) is 13.0. The highest BCUT2D eigenvalue weighted by Crippen LogP contribution is 2.31. The standard InChI is InChI=1S/C19H19ClN4O2S/c1-23-7-6-14(8-23)22-16(25)9-24-11-21-18-17(19(24)26)15(10-27-18)12-2-4-13(20)5-3-12/h2-5,10-11,14H,6-9H2,1H3,(H,22,25). The summed E-state index contributed by atoms with van der Waals surface area (Å²) in [5.74, 6) is -0.165. The Bertz CT molecular complexity index is 1040. The van der Waals surface area contributed by atoms with Crippen LogP contribution in [0.2, 0.25) is 5.02 Å². The van der Waals surface area contributed by atoms with Crippen LogP contribution < -0.4 is 10.9 Å². The number of likely N-dealkylation sites (tertiary alicyclic amines) is 1. The minimum atomic E-state index is -0.204. The fraction of sp³-hybridized carbons (Fsp3) is 0.316. The number of fused-ring (bicyclic) bond motifs is 1. The SMILES string of the molecule is CN1CCC(NC(=O)Cn2cnc3scc(-c4ccc(Cl)cc4)c3c2=O)C1. The topological polar surface area (TPSA) is 67.2 Å². The van der Waals surface area contributed by atoms with E-state index in [1.165, 1.54) is 22.2 Å². The average Bonchev–Trinajstić information content (AvgIpc) is 3.25. The fourth-order valence-corrected chi connectivity index (χ4v) is 4.44. The van der Waals surface area contributed by atoms with Gasteiger partial charge in [0.15, 0.2) is 0 Å². The van der Waals surface area contributed by atoms with Crippen LogP contribution in [0.1, 0.15) is 6.42 Å². The number of benzene rings is 1. The molecule has 1 amide bonds. The third kappa shape index (κ3) is 3.76. The van der Waals surface area contributed by atoms with Crippen LogP contribution in [0.15, 0.2) is 40.8 Å². The summed E-state index contributed by atoms with van der Waals surface area (Å²) in [6, 6.07) is 7.48. The minimum absolute atomic E-state index is 0.0299. The van der Waals surface area contributed by atoms with Gasteiger partial charge in [0.1, 0.15) is 11.4 Å². The minimum Gasteiger partial charge on any atom is -0.350 e. The van der Waals surface area contributed by atoms with E-state index < -0.39 is 0 Å². The monoisotopic (exact) mass is 402 g/mol. The van der Waals surface area contributed by atoms with Crippen molar-refractivity contribution < 1.29 is 4.79 Å². The maximum absolute atomic E-state index is 13.0. The van der Waals surface area contributed by atoms with Gasteiger partial charge in [-0.2, -0.15) is 0 Å². The second-order valence-electron chi connectivity index (χ2n) is 6.83. The molecule has 1 fully saturated rings. The van der Waals surface area contributed by atoms with Crippen LogP contribution in [0.5, 0.6) is 0 Å². The molecule has 0 aliphatic carbocycles. The zero-order valence-electron chi connectivity index (χ0n) is 14.8. The molecule has 1 saturated heterocycles. The van der Waals surface area contributed by atoms with E-state index in [4.69, 9.17) is 11.6 Å². The van der Waals surface area contributed by atoms with Crippen molar-refractivity contribution >= 4 is 39.1 Å². The van der Waals surface area contributed by atoms with Gasteiger partial charge < -0.3 is 10.2 Å². The number of amides is 1. The molecule has 3 aromatic rings. The largest absolute Gasteiger partial charge is 0.350 e. The molecule has 2 aromatic heterocycles. The lowest BCUT2D eigenvalue weighted by molar-refractivity contribution is -0.122. The smallest absolute Gasteiger partial charge is 0.263 e. The maximum atomic E-state index is 13.0. The van der Waals surface area contributed by atoms with Gasteiger partial charge in [-0.05, 0) is 37.7 Å². The predicted octanol–water partition coefficient (Wildman–Crippen LogP) is 2.60. The quantitative estimate of drug-likeness (QED) is 0.728. The zero-order chi connectivity index (χ0) is 19.0. The van der Waals surface area contributed by atoms with Gasteiger partial charge >= 0.3 is 0 Å². The molecule has 6 nitrogen and oxygen atoms in total. The van der Waals surface area contributed by atoms with Crippen molar-refractivity contribution in [2.75, 3.05) is 20.1 Å². The summed E-state index contributed by atoms with van der Waals surface area (Å²) in [5, 5.41) is 6.10. The van der Waals surface area contributed by atoms with Crippen LogP contribution in [0, 0.1) is 0 Å². The van der Waals surface area contributed by atoms with Crippen LogP contribution in [-0.2, 0) is 11.3 Å². The number of thiophene rings is 1. The van der Waals surface area contributed by atoms with Gasteiger partial charge in [0.25, 0.3) is 5.56 Å². The molecule has 8 heteroatoms. The highest BCUT2D eigenvalue weighted by Gasteiger charge is 2.21. The fourth-order valence-electron chi connectivity index (χ4n) is 3.40. The van der Waals surface area contributed by atoms with Crippen LogP contribution in [-0.4, -0.2) is 46.5 Å². The third-order valence-electron chi connectivity index (χ3n) is 4.79. The molecule has 1 unspecified atom stereocenters. The summed E-state index contributed by atoms with van der Waals surface area (Å²) in [7, 11) is 2.03. The number of aromatic nitrogens is 2. The molecule has 0 radical (unpaired) electrons. The van der Waals surface area contributed by atoms with Crippen molar-refractivity contribution in [3.05, 3.63) is 51.3 Å². The molecule has 0 spiro atoms. The summed E-state index contributed by atoms with van der Waals surface area (Å²) in [6.07, 6.45) is 2.38. The molecular formula is C19H19ClN4O2S. The Labute approximate surface area is 165 Å². The molecule has 1 atom stereocenters. The van der Waals surface area contributed by atoms with Crippen molar-refractivity contribution in [2.24, 2.45) is 0 Å². The highest BCUT2D eigenvalue weighted by molar-refractivity contribution is 7.17. The molecule has 0 bridgehead atoms. The number of halogens is 1. The van der Waals surface area contributed by atoms with Crippen LogP contribution in [0.3, 0.4) is 0 Å². The second-order valence-corrected chi connectivity index (χ2v) is 8.12. The molecule has 3 heterocycles. The van der Waals surface area contributed by atoms with Gasteiger partial charge in [-0.25, -0.2) is 4.98 Å². The van der Waals surface area contributed by atoms with E-state index in [1.807, 2.05) is 24.6 Å². The van der Waals surface area contributed by atoms with Crippen molar-refractivity contribution in [3.63, 3.8) is 0 Å². The van der Waals surface area contributed by atoms with Crippen molar-refractivity contribution in [1.29, 1.82) is 0 Å². The van der Waals surface area contributed by atoms with E-state index in [-0.39, 0.29) is 24.1 Å². The molecule has 1 N–H and O–H groups in total. The number of hydrogen-bond donors (Lipinski definition) is 1. The van der Waals surface area contributed by atoms with E-state index in [0.29, 0.717) is 15.2 Å². The maximum Gasteiger partial charge on any atom is 0.263 e. The lowest BCUT2D eigenvalue weighted by Crippen LogP contribution is -2.40. The molecular weight excluding hydrogens is 384 g/mol. The van der Waals surface area contributed by atoms with E-state index in [2.05, 4.69) is 15.2 Å². The first kappa shape index (κ1) is 18.2. The Morgan fingerprint density at radius 3 is 2.85 bits per heavy atom. The summed E-state index contributed by atoms with van der Waals surface area (Å²) >= 11 is 7.38. The zero-order valence-corrected chi connectivity index (χ0v) is 16.4. The van der Waals surface area contributed by atoms with Crippen molar-refractivity contribution in [2.45, 2.75) is 19.0 Å². The highest BCUT2D eigenvalue weighted by atomic mass is 35.5. The summed E-state index contributed by atoms with van der Waals surface area (Å²) in [5.41, 5.74) is 1.52. The Hall–Kier alpha value is -2.22. The third-order valence-corrected chi connectivity index (χ3v) is 5.92. The second kappa shape index (κ2) is 7.42. The molecule has 1 aliphatic heterocycles. The van der Waals surface area contributed by atoms with Crippen molar-refractivity contribution in [3.8, 4) is 11.1 Å². The van der Waals surface area contributed by atoms with E-state index >= 15 is 0 Å². The van der Waals surface area contributed by atoms with Gasteiger partial charge in [0.05, 0.1) is 11.7 Å². The number of nitrogens with one attached hydrogen (secondary N) is 1. The van der Waals surface area contributed by atoms with Gasteiger partial charge in [0, 0.05) is 28.6 Å². The van der Waals surface area contributed by atoms with Gasteiger partial charge in [0.2, 0.25) is 5.91 Å². The Morgan fingerprint density at radius 1 is 1.37 bits per heavy atom. The van der Waals surface area contributed by atoms with Gasteiger partial charge in [-0.3, -0.25) is 14.2 Å². The predicted molar refractivity (Wildman–Crippen MR) is 108 cm³/mol. The first-order valence-electron chi connectivity index (χ1n) is 8.72. The van der Waals surface area contributed by atoms with Crippen LogP contribution in [0.4, 0.5) is 0 Å². The molecule has 0 saturated carbocycles. The summed E-state index contributed by atoms with van der Waals surface area (Å²) in [6.45, 7) is 1.78. The summed E-state index contributed by atoms with van der Waals surface area (Å²) in [4.78, 5) is 32.6. The van der Waals surface area contributed by atoms with Gasteiger partial charge in [-0.1, -0.05) is 23.7 Å². The first-order valence-corrected chi connectivity index (χ1v) is 9.97. The van der Waals surface area contributed by atoms with E-state index in [9.17, 15) is 9.59 Å². The van der Waals surface area contributed by atoms with E-state index in [1.54, 1.807) is 12.1 Å². The molecule has 27 heavy (non-hydrogen) atoms. The number of nitrogens with zero attached hydrogens (tertiary/aromatic N) is 3. The Morgan fingerprint density at radius 2 is 2.15 bits per heavy atom. The Balaban J connectivity index is 1.61. The van der Waals surface area contributed by atoms with E-state index in [0.717, 1.165) is 30.6 Å². The number of likely N-dealkylation sites (N-methyl/N-ethyl adjacent to an activating group) is 1. The average molecular weight is 403 g/mol. The summed E-state index contributed by atoms with van der Waals surface area (Å²) < 4.78 is 1.38. The molecule has 140 valence electrons.